The van der Waals surface area contributed by atoms with Crippen LogP contribution in [0, 0.1) is 10.2 Å². The summed E-state index contributed by atoms with van der Waals surface area (Å²) in [6, 6.07) is 1.44. The summed E-state index contributed by atoms with van der Waals surface area (Å²) in [5.41, 5.74) is 14.8. The van der Waals surface area contributed by atoms with E-state index >= 15 is 0 Å². The van der Waals surface area contributed by atoms with Gasteiger partial charge < -0.3 is 33.2 Å². The summed E-state index contributed by atoms with van der Waals surface area (Å²) in [7, 11) is -4.69. The van der Waals surface area contributed by atoms with Crippen molar-refractivity contribution >= 4 is 0 Å². The molecule has 0 aromatic carbocycles. The normalized spacial score (nSPS) is 25.3. The minimum Gasteiger partial charge on any atom is -0.693 e. The smallest absolute Gasteiger partial charge is 0.693 e. The fourth-order valence-electron chi connectivity index (χ4n) is 2.90. The zero-order chi connectivity index (χ0) is 18.0. The number of hydrogen-bond acceptors (Lipinski definition) is 6. The molecule has 5 N–H and O–H groups in total. The molecular weight excluding hydrogens is 481 g/mol. The average molecular weight is 504 g/mol. The van der Waals surface area contributed by atoms with Crippen molar-refractivity contribution in [3.05, 3.63) is 51.4 Å². The van der Waals surface area contributed by atoms with E-state index in [-0.39, 0.29) is 40.3 Å². The molecule has 27 heavy (non-hydrogen) atoms. The zero-order valence-corrected chi connectivity index (χ0v) is 16.9. The molecule has 2 saturated heterocycles. The quantitative estimate of drug-likeness (QED) is 0.188. The zero-order valence-electron chi connectivity index (χ0n) is 14.2. The van der Waals surface area contributed by atoms with Crippen LogP contribution in [0.15, 0.2) is 23.9 Å². The Balaban J connectivity index is -0.000000456. The summed E-state index contributed by atoms with van der Waals surface area (Å²) in [6.07, 6.45) is 11.7. The first kappa shape index (κ1) is 31.3. The molecule has 3 heterocycles. The summed E-state index contributed by atoms with van der Waals surface area (Å²) >= 11 is 0. The molecule has 0 bridgehead atoms. The average Bonchev–Trinajstić information content (AvgIpc) is 3.20. The van der Waals surface area contributed by atoms with E-state index in [4.69, 9.17) is 35.0 Å². The molecule has 0 aliphatic carbocycles. The van der Waals surface area contributed by atoms with E-state index in [0.29, 0.717) is 18.1 Å². The molecule has 3 rings (SSSR count). The van der Waals surface area contributed by atoms with Crippen molar-refractivity contribution in [3.63, 3.8) is 0 Å². The van der Waals surface area contributed by atoms with Gasteiger partial charge in [-0.1, -0.05) is 24.3 Å². The molecule has 2 fully saturated rings. The molecule has 3 aliphatic heterocycles. The molecule has 165 valence electrons. The van der Waals surface area contributed by atoms with Gasteiger partial charge in [0.05, 0.1) is 14.9 Å². The van der Waals surface area contributed by atoms with Gasteiger partial charge >= 0.3 is 17.1 Å². The van der Waals surface area contributed by atoms with Gasteiger partial charge in [-0.05, 0) is 44.8 Å². The van der Waals surface area contributed by atoms with Crippen LogP contribution in [0.1, 0.15) is 25.7 Å². The van der Waals surface area contributed by atoms with Crippen LogP contribution in [-0.4, -0.2) is 35.9 Å². The van der Waals surface area contributed by atoms with Crippen LogP contribution >= 0.6 is 0 Å². The molecule has 0 saturated carbocycles. The fourth-order valence-corrected chi connectivity index (χ4v) is 2.90. The SMILES string of the molecule is C1=CC(C2CCCN2)[N-]C(C2CCCN2)=C1.[Cu+].[Cu].[N-]=[N+]=[N-].[NH2-].[O-][Cl+3]([O-])([O-])O. The molecule has 0 aromatic rings. The van der Waals surface area contributed by atoms with Crippen molar-refractivity contribution in [2.24, 2.45) is 0 Å². The number of allylic oxidation sites excluding steroid dienone is 2. The molecule has 3 unspecified atom stereocenters. The van der Waals surface area contributed by atoms with Gasteiger partial charge in [-0.3, -0.25) is 4.91 Å². The maximum atomic E-state index is 8.60. The Hall–Kier alpha value is -0.361. The summed E-state index contributed by atoms with van der Waals surface area (Å²) in [4.78, 5) is 1.50. The maximum absolute atomic E-state index is 8.60. The van der Waals surface area contributed by atoms with E-state index in [9.17, 15) is 0 Å². The van der Waals surface area contributed by atoms with Crippen molar-refractivity contribution < 1.29 is 63.0 Å². The summed E-state index contributed by atoms with van der Waals surface area (Å²) < 4.78 is 32.7. The molecule has 0 amide bonds. The second-order valence-electron chi connectivity index (χ2n) is 5.43. The molecule has 3 aliphatic rings. The first-order valence-electron chi connectivity index (χ1n) is 7.53. The van der Waals surface area contributed by atoms with Crippen LogP contribution in [0.3, 0.4) is 0 Å². The van der Waals surface area contributed by atoms with Crippen molar-refractivity contribution in [2.45, 2.75) is 43.8 Å². The van der Waals surface area contributed by atoms with Crippen LogP contribution in [0.2, 0.25) is 0 Å². The van der Waals surface area contributed by atoms with Crippen molar-refractivity contribution in [3.8, 4) is 0 Å². The second kappa shape index (κ2) is 16.6. The van der Waals surface area contributed by atoms with Gasteiger partial charge in [-0.25, -0.2) is 0 Å². The standard InChI is InChI=1S/C13H20N3.ClHO4.2Cu.N3.H2N/c1-4-12(10-6-2-8-14-10)16-13(5-1)11-7-3-9-15-11;2-1(3,4)5;;;1-3-2;/h1,4-5,10-12,14-15H,2-3,6-9H2;(H,2,3,4,5);;;;1H2/q-1;;;+1;2*-1. The minimum absolute atomic E-state index is 0. The Bertz CT molecular complexity index is 470. The molecule has 14 heteroatoms. The Labute approximate surface area is 181 Å². The molecule has 0 aromatic heterocycles. The Kier molecular flexibility index (Phi) is 19.2. The first-order chi connectivity index (χ1) is 11.3. The third-order valence-corrected chi connectivity index (χ3v) is 3.80. The van der Waals surface area contributed by atoms with Crippen molar-refractivity contribution in [1.29, 1.82) is 0 Å². The maximum Gasteiger partial charge on any atom is 1.00 e. The number of nitrogens with two attached hydrogens (primary N) is 1. The fraction of sp³-hybridized carbons (Fsp3) is 0.692. The van der Waals surface area contributed by atoms with Crippen LogP contribution < -0.4 is 24.6 Å². The first-order valence-corrected chi connectivity index (χ1v) is 8.79. The Morgan fingerprint density at radius 1 is 1.15 bits per heavy atom. The Morgan fingerprint density at radius 3 is 2.11 bits per heavy atom. The van der Waals surface area contributed by atoms with Gasteiger partial charge in [-0.15, -0.1) is 5.70 Å². The van der Waals surface area contributed by atoms with E-state index in [1.54, 1.807) is 0 Å². The van der Waals surface area contributed by atoms with E-state index < -0.39 is 10.2 Å². The number of nitrogens with zero attached hydrogens (tertiary/aromatic N) is 4. The van der Waals surface area contributed by atoms with E-state index in [2.05, 4.69) is 28.9 Å². The third kappa shape index (κ3) is 14.3. The number of rotatable bonds is 2. The predicted octanol–water partition coefficient (Wildman–Crippen LogP) is -0.859. The van der Waals surface area contributed by atoms with E-state index in [0.717, 1.165) is 13.1 Å². The monoisotopic (exact) mass is 502 g/mol. The minimum atomic E-state index is -4.69. The van der Waals surface area contributed by atoms with E-state index in [1.807, 2.05) is 0 Å². The van der Waals surface area contributed by atoms with Crippen LogP contribution in [0.4, 0.5) is 0 Å². The molecule has 3 atom stereocenters. The number of nitrogens with one attached hydrogen (secondary N) is 2. The van der Waals surface area contributed by atoms with Crippen LogP contribution in [0.25, 0.3) is 27.4 Å². The number of halogens is 1. The van der Waals surface area contributed by atoms with Gasteiger partial charge in [0.15, 0.2) is 0 Å². The van der Waals surface area contributed by atoms with Crippen molar-refractivity contribution in [1.82, 2.24) is 10.6 Å². The topological polar surface area (TPSA) is 220 Å². The summed E-state index contributed by atoms with van der Waals surface area (Å²) in [5.74, 6) is 0. The number of hydrogen-bond donors (Lipinski definition) is 3. The van der Waals surface area contributed by atoms with Gasteiger partial charge in [0, 0.05) is 23.1 Å². The van der Waals surface area contributed by atoms with Gasteiger partial charge in [0.1, 0.15) is 0 Å². The van der Waals surface area contributed by atoms with Gasteiger partial charge in [0.25, 0.3) is 0 Å². The summed E-state index contributed by atoms with van der Waals surface area (Å²) in [6.45, 7) is 2.30. The second-order valence-corrected chi connectivity index (χ2v) is 6.23. The Morgan fingerprint density at radius 2 is 1.67 bits per heavy atom. The van der Waals surface area contributed by atoms with Crippen LogP contribution in [-0.2, 0) is 34.1 Å². The van der Waals surface area contributed by atoms with Crippen LogP contribution in [0.5, 0.6) is 0 Å². The molecule has 0 spiro atoms. The molecular formula is C13H23ClCu2N7O4-2. The molecule has 11 nitrogen and oxygen atoms in total. The predicted molar refractivity (Wildman–Crippen MR) is 84.0 cm³/mol. The van der Waals surface area contributed by atoms with Gasteiger partial charge in [-0.2, -0.15) is 14.0 Å². The van der Waals surface area contributed by atoms with Gasteiger partial charge in [0.2, 0.25) is 0 Å². The molecule has 1 radical (unpaired) electrons. The third-order valence-electron chi connectivity index (χ3n) is 3.80. The summed E-state index contributed by atoms with van der Waals surface area (Å²) in [5, 5.41) is 12.0. The van der Waals surface area contributed by atoms with Crippen molar-refractivity contribution in [2.75, 3.05) is 13.1 Å². The largest absolute Gasteiger partial charge is 1.00 e. The van der Waals surface area contributed by atoms with E-state index in [1.165, 1.54) is 36.3 Å².